The van der Waals surface area contributed by atoms with Gasteiger partial charge < -0.3 is 10.6 Å². The summed E-state index contributed by atoms with van der Waals surface area (Å²) in [4.78, 5) is 6.60. The second-order valence-corrected chi connectivity index (χ2v) is 4.94. The van der Waals surface area contributed by atoms with Gasteiger partial charge in [0.2, 0.25) is 0 Å². The molecule has 1 unspecified atom stereocenters. The van der Waals surface area contributed by atoms with Crippen molar-refractivity contribution in [2.45, 2.75) is 45.1 Å². The van der Waals surface area contributed by atoms with Gasteiger partial charge in [-0.2, -0.15) is 0 Å². The molecule has 1 aromatic rings. The summed E-state index contributed by atoms with van der Waals surface area (Å²) >= 11 is 0. The Labute approximate surface area is 109 Å². The lowest BCUT2D eigenvalue weighted by molar-refractivity contribution is 0.434. The topological polar surface area (TPSA) is 66.0 Å². The molecular formula is C14H22N4. The van der Waals surface area contributed by atoms with E-state index in [9.17, 15) is 0 Å². The van der Waals surface area contributed by atoms with E-state index >= 15 is 0 Å². The number of piperidine rings is 1. The highest BCUT2D eigenvalue weighted by molar-refractivity contribution is 6.00. The Morgan fingerprint density at radius 1 is 1.56 bits per heavy atom. The number of nitrogens with two attached hydrogens (primary N) is 1. The number of nitrogens with zero attached hydrogens (tertiary/aromatic N) is 2. The van der Waals surface area contributed by atoms with Gasteiger partial charge in [-0.3, -0.25) is 10.4 Å². The molecule has 1 aliphatic rings. The first-order valence-corrected chi connectivity index (χ1v) is 6.79. The summed E-state index contributed by atoms with van der Waals surface area (Å²) in [5, 5.41) is 7.69. The molecule has 0 aromatic carbocycles. The van der Waals surface area contributed by atoms with E-state index in [0.29, 0.717) is 6.04 Å². The molecule has 1 aliphatic heterocycles. The third-order valence-corrected chi connectivity index (χ3v) is 3.65. The van der Waals surface area contributed by atoms with E-state index in [1.165, 1.54) is 32.1 Å². The van der Waals surface area contributed by atoms with Gasteiger partial charge in [-0.15, -0.1) is 0 Å². The predicted molar refractivity (Wildman–Crippen MR) is 75.1 cm³/mol. The van der Waals surface area contributed by atoms with Gasteiger partial charge >= 0.3 is 0 Å². The summed E-state index contributed by atoms with van der Waals surface area (Å²) in [6.07, 6.45) is 9.70. The van der Waals surface area contributed by atoms with E-state index in [2.05, 4.69) is 16.8 Å². The van der Waals surface area contributed by atoms with E-state index in [1.807, 2.05) is 12.3 Å². The van der Waals surface area contributed by atoms with Crippen LogP contribution >= 0.6 is 0 Å². The van der Waals surface area contributed by atoms with Crippen LogP contribution in [0.15, 0.2) is 18.5 Å². The minimum atomic E-state index is 0.133. The number of nitrogens with one attached hydrogen (secondary N) is 1. The molecule has 4 nitrogen and oxygen atoms in total. The Hall–Kier alpha value is -1.58. The van der Waals surface area contributed by atoms with Crippen molar-refractivity contribution in [3.05, 3.63) is 24.0 Å². The molecule has 98 valence electrons. The van der Waals surface area contributed by atoms with Gasteiger partial charge in [-0.25, -0.2) is 0 Å². The third kappa shape index (κ3) is 2.63. The van der Waals surface area contributed by atoms with Crippen LogP contribution in [0.3, 0.4) is 0 Å². The van der Waals surface area contributed by atoms with Crippen molar-refractivity contribution in [3.63, 3.8) is 0 Å². The number of nitrogen functional groups attached to an aromatic ring is 1. The number of hydrogen-bond acceptors (Lipinski definition) is 3. The lowest BCUT2D eigenvalue weighted by atomic mass is 9.97. The molecule has 0 spiro atoms. The minimum absolute atomic E-state index is 0.133. The lowest BCUT2D eigenvalue weighted by Crippen LogP contribution is -2.40. The van der Waals surface area contributed by atoms with Crippen LogP contribution in [0.5, 0.6) is 0 Å². The molecule has 0 radical (unpaired) electrons. The highest BCUT2D eigenvalue weighted by atomic mass is 15.2. The van der Waals surface area contributed by atoms with Crippen LogP contribution in [0.2, 0.25) is 0 Å². The van der Waals surface area contributed by atoms with Crippen molar-refractivity contribution in [3.8, 4) is 0 Å². The normalized spacial score (nSPS) is 19.8. The standard InChI is InChI=1S/C14H22N4/c1-2-5-11-6-3-4-9-18(11)13-10-17-8-7-12(13)14(15)16/h7-8,10-11H,2-6,9H2,1H3,(H3,15,16). The predicted octanol–water partition coefficient (Wildman–Crippen LogP) is 2.52. The van der Waals surface area contributed by atoms with Crippen LogP contribution in [0, 0.1) is 5.41 Å². The lowest BCUT2D eigenvalue weighted by Gasteiger charge is -2.38. The molecule has 3 N–H and O–H groups in total. The zero-order valence-electron chi connectivity index (χ0n) is 11.0. The Balaban J connectivity index is 2.30. The van der Waals surface area contributed by atoms with Crippen molar-refractivity contribution < 1.29 is 0 Å². The van der Waals surface area contributed by atoms with Crippen molar-refractivity contribution in [2.24, 2.45) is 5.73 Å². The van der Waals surface area contributed by atoms with Crippen LogP contribution < -0.4 is 10.6 Å². The highest BCUT2D eigenvalue weighted by Gasteiger charge is 2.24. The number of aromatic nitrogens is 1. The van der Waals surface area contributed by atoms with Crippen LogP contribution in [0.4, 0.5) is 5.69 Å². The molecule has 1 fully saturated rings. The number of hydrogen-bond donors (Lipinski definition) is 2. The Morgan fingerprint density at radius 2 is 2.39 bits per heavy atom. The zero-order valence-corrected chi connectivity index (χ0v) is 11.0. The minimum Gasteiger partial charge on any atom is -0.384 e. The van der Waals surface area contributed by atoms with Gasteiger partial charge in [-0.1, -0.05) is 13.3 Å². The van der Waals surface area contributed by atoms with Crippen molar-refractivity contribution in [2.75, 3.05) is 11.4 Å². The molecule has 18 heavy (non-hydrogen) atoms. The Kier molecular flexibility index (Phi) is 4.18. The summed E-state index contributed by atoms with van der Waals surface area (Å²) in [6, 6.07) is 2.42. The van der Waals surface area contributed by atoms with E-state index in [4.69, 9.17) is 11.1 Å². The summed E-state index contributed by atoms with van der Waals surface area (Å²) in [5.74, 6) is 0.133. The molecule has 2 heterocycles. The first kappa shape index (κ1) is 12.9. The van der Waals surface area contributed by atoms with Gasteiger partial charge in [0, 0.05) is 24.3 Å². The first-order valence-electron chi connectivity index (χ1n) is 6.79. The van der Waals surface area contributed by atoms with Crippen molar-refractivity contribution in [1.29, 1.82) is 5.41 Å². The summed E-state index contributed by atoms with van der Waals surface area (Å²) in [5.41, 5.74) is 7.51. The van der Waals surface area contributed by atoms with Gasteiger partial charge in [0.1, 0.15) is 5.84 Å². The van der Waals surface area contributed by atoms with E-state index in [-0.39, 0.29) is 5.84 Å². The fourth-order valence-corrected chi connectivity index (χ4v) is 2.79. The number of amidine groups is 1. The average molecular weight is 246 g/mol. The molecule has 0 amide bonds. The SMILES string of the molecule is CCCC1CCCCN1c1cnccc1C(=N)N. The first-order chi connectivity index (χ1) is 8.74. The summed E-state index contributed by atoms with van der Waals surface area (Å²) in [6.45, 7) is 3.28. The molecule has 0 saturated carbocycles. The maximum Gasteiger partial charge on any atom is 0.125 e. The van der Waals surface area contributed by atoms with Crippen LogP contribution in [-0.2, 0) is 0 Å². The number of pyridine rings is 1. The smallest absolute Gasteiger partial charge is 0.125 e. The van der Waals surface area contributed by atoms with Gasteiger partial charge in [-0.05, 0) is 31.7 Å². The molecule has 0 aliphatic carbocycles. The van der Waals surface area contributed by atoms with Gasteiger partial charge in [0.05, 0.1) is 11.9 Å². The second-order valence-electron chi connectivity index (χ2n) is 4.94. The van der Waals surface area contributed by atoms with E-state index in [0.717, 1.165) is 17.8 Å². The Morgan fingerprint density at radius 3 is 3.11 bits per heavy atom. The average Bonchev–Trinajstić information content (AvgIpc) is 2.40. The molecule has 4 heteroatoms. The zero-order chi connectivity index (χ0) is 13.0. The molecule has 2 rings (SSSR count). The molecule has 0 bridgehead atoms. The van der Waals surface area contributed by atoms with E-state index in [1.54, 1.807) is 6.20 Å². The molecule has 1 aromatic heterocycles. The fourth-order valence-electron chi connectivity index (χ4n) is 2.79. The third-order valence-electron chi connectivity index (χ3n) is 3.65. The van der Waals surface area contributed by atoms with Crippen LogP contribution in [0.1, 0.15) is 44.6 Å². The summed E-state index contributed by atoms with van der Waals surface area (Å²) < 4.78 is 0. The maximum absolute atomic E-state index is 7.69. The maximum atomic E-state index is 7.69. The van der Waals surface area contributed by atoms with Crippen LogP contribution in [0.25, 0.3) is 0 Å². The second kappa shape index (κ2) is 5.85. The molecular weight excluding hydrogens is 224 g/mol. The van der Waals surface area contributed by atoms with Gasteiger partial charge in [0.15, 0.2) is 0 Å². The largest absolute Gasteiger partial charge is 0.384 e. The van der Waals surface area contributed by atoms with Crippen molar-refractivity contribution >= 4 is 11.5 Å². The quantitative estimate of drug-likeness (QED) is 0.633. The number of anilines is 1. The van der Waals surface area contributed by atoms with Crippen LogP contribution in [-0.4, -0.2) is 23.4 Å². The Bertz CT molecular complexity index is 414. The highest BCUT2D eigenvalue weighted by Crippen LogP contribution is 2.29. The summed E-state index contributed by atoms with van der Waals surface area (Å²) in [7, 11) is 0. The molecule has 1 saturated heterocycles. The number of rotatable bonds is 4. The molecule has 1 atom stereocenters. The van der Waals surface area contributed by atoms with Crippen molar-refractivity contribution in [1.82, 2.24) is 4.98 Å². The van der Waals surface area contributed by atoms with Gasteiger partial charge in [0.25, 0.3) is 0 Å². The monoisotopic (exact) mass is 246 g/mol. The van der Waals surface area contributed by atoms with E-state index < -0.39 is 0 Å². The fraction of sp³-hybridized carbons (Fsp3) is 0.571.